The molecule has 1 aliphatic heterocycles. The molecular formula is C16H25Cl2N5O2. The summed E-state index contributed by atoms with van der Waals surface area (Å²) in [7, 11) is 1.78. The molecule has 140 valence electrons. The molecule has 7 nitrogen and oxygen atoms in total. The number of pyridine rings is 1. The predicted octanol–water partition coefficient (Wildman–Crippen LogP) is 0.990. The molecule has 1 aliphatic rings. The van der Waals surface area contributed by atoms with Gasteiger partial charge in [-0.2, -0.15) is 0 Å². The van der Waals surface area contributed by atoms with Crippen LogP contribution in [0.3, 0.4) is 0 Å². The van der Waals surface area contributed by atoms with E-state index in [0.717, 1.165) is 36.5 Å². The Hall–Kier alpha value is -1.57. The van der Waals surface area contributed by atoms with Crippen molar-refractivity contribution in [2.45, 2.75) is 26.7 Å². The standard InChI is InChI=1S/C16H23N5O2.2ClH/c1-9-12(4-5-13(22)18-8-11-6-17-7-11)10(2)19-15-14(9)16(23)20-21(15)3;;/h11,17H,4-8H2,1-3H3,(H,18,22)(H,20,23);2*1H. The molecule has 3 rings (SSSR count). The van der Waals surface area contributed by atoms with Crippen molar-refractivity contribution in [3.8, 4) is 0 Å². The van der Waals surface area contributed by atoms with Crippen LogP contribution in [-0.4, -0.2) is 40.3 Å². The van der Waals surface area contributed by atoms with Crippen molar-refractivity contribution in [1.82, 2.24) is 25.4 Å². The van der Waals surface area contributed by atoms with Crippen LogP contribution in [0.25, 0.3) is 11.0 Å². The van der Waals surface area contributed by atoms with Crippen molar-refractivity contribution in [1.29, 1.82) is 0 Å². The summed E-state index contributed by atoms with van der Waals surface area (Å²) in [4.78, 5) is 28.6. The lowest BCUT2D eigenvalue weighted by atomic mass is 10.00. The van der Waals surface area contributed by atoms with E-state index in [2.05, 4.69) is 20.7 Å². The number of amides is 1. The molecule has 0 aliphatic carbocycles. The molecule has 0 saturated carbocycles. The maximum absolute atomic E-state index is 12.0. The number of aromatic nitrogens is 3. The van der Waals surface area contributed by atoms with E-state index in [1.54, 1.807) is 11.7 Å². The summed E-state index contributed by atoms with van der Waals surface area (Å²) in [6, 6.07) is 0. The van der Waals surface area contributed by atoms with Crippen LogP contribution in [0.1, 0.15) is 23.2 Å². The molecular weight excluding hydrogens is 365 g/mol. The summed E-state index contributed by atoms with van der Waals surface area (Å²) in [6.07, 6.45) is 1.02. The van der Waals surface area contributed by atoms with Gasteiger partial charge >= 0.3 is 0 Å². The van der Waals surface area contributed by atoms with Crippen LogP contribution in [0.5, 0.6) is 0 Å². The van der Waals surface area contributed by atoms with Gasteiger partial charge in [-0.15, -0.1) is 24.8 Å². The van der Waals surface area contributed by atoms with Gasteiger partial charge in [-0.05, 0) is 31.4 Å². The monoisotopic (exact) mass is 389 g/mol. The molecule has 0 bridgehead atoms. The first kappa shape index (κ1) is 21.5. The molecule has 25 heavy (non-hydrogen) atoms. The van der Waals surface area contributed by atoms with Crippen molar-refractivity contribution in [2.75, 3.05) is 19.6 Å². The third-order valence-electron chi connectivity index (χ3n) is 4.63. The first-order valence-electron chi connectivity index (χ1n) is 7.99. The molecule has 1 saturated heterocycles. The van der Waals surface area contributed by atoms with Gasteiger partial charge in [0.25, 0.3) is 5.56 Å². The predicted molar refractivity (Wildman–Crippen MR) is 103 cm³/mol. The quantitative estimate of drug-likeness (QED) is 0.710. The van der Waals surface area contributed by atoms with Crippen molar-refractivity contribution >= 4 is 41.8 Å². The smallest absolute Gasteiger partial charge is 0.273 e. The van der Waals surface area contributed by atoms with Gasteiger partial charge in [0, 0.05) is 44.7 Å². The topological polar surface area (TPSA) is 91.8 Å². The van der Waals surface area contributed by atoms with E-state index >= 15 is 0 Å². The van der Waals surface area contributed by atoms with Gasteiger partial charge in [0.1, 0.15) is 0 Å². The van der Waals surface area contributed by atoms with E-state index in [1.807, 2.05) is 13.8 Å². The van der Waals surface area contributed by atoms with Crippen LogP contribution in [-0.2, 0) is 18.3 Å². The van der Waals surface area contributed by atoms with Crippen LogP contribution in [0, 0.1) is 19.8 Å². The lowest BCUT2D eigenvalue weighted by Gasteiger charge is -2.27. The Morgan fingerprint density at radius 2 is 2.00 bits per heavy atom. The van der Waals surface area contributed by atoms with Gasteiger partial charge < -0.3 is 10.6 Å². The van der Waals surface area contributed by atoms with Gasteiger partial charge in [0.05, 0.1) is 5.39 Å². The van der Waals surface area contributed by atoms with E-state index in [4.69, 9.17) is 0 Å². The highest BCUT2D eigenvalue weighted by molar-refractivity contribution is 5.85. The second-order valence-corrected chi connectivity index (χ2v) is 6.33. The first-order chi connectivity index (χ1) is 11.0. The number of aromatic amines is 1. The van der Waals surface area contributed by atoms with Crippen LogP contribution < -0.4 is 16.2 Å². The number of hydrogen-bond acceptors (Lipinski definition) is 4. The highest BCUT2D eigenvalue weighted by atomic mass is 35.5. The molecule has 2 aromatic rings. The summed E-state index contributed by atoms with van der Waals surface area (Å²) in [6.45, 7) is 6.56. The first-order valence-corrected chi connectivity index (χ1v) is 7.99. The Labute approximate surface area is 158 Å². The summed E-state index contributed by atoms with van der Waals surface area (Å²) >= 11 is 0. The minimum absolute atomic E-state index is 0. The Balaban J connectivity index is 0.00000156. The van der Waals surface area contributed by atoms with E-state index < -0.39 is 0 Å². The van der Waals surface area contributed by atoms with E-state index in [1.165, 1.54) is 0 Å². The zero-order chi connectivity index (χ0) is 16.6. The van der Waals surface area contributed by atoms with Crippen molar-refractivity contribution < 1.29 is 4.79 Å². The number of carbonyl (C=O) groups excluding carboxylic acids is 1. The Morgan fingerprint density at radius 1 is 1.32 bits per heavy atom. The fourth-order valence-corrected chi connectivity index (χ4v) is 3.09. The summed E-state index contributed by atoms with van der Waals surface area (Å²) in [5.74, 6) is 0.612. The highest BCUT2D eigenvalue weighted by Crippen LogP contribution is 2.21. The Bertz CT molecular complexity index is 811. The maximum atomic E-state index is 12.0. The van der Waals surface area contributed by atoms with Crippen LogP contribution in [0.2, 0.25) is 0 Å². The SMILES string of the molecule is Cc1nc2c(c(C)c1CCC(=O)NCC1CNC1)c(=O)[nH]n2C.Cl.Cl. The highest BCUT2D eigenvalue weighted by Gasteiger charge is 2.18. The zero-order valence-electron chi connectivity index (χ0n) is 14.6. The molecule has 0 unspecified atom stereocenters. The van der Waals surface area contributed by atoms with Gasteiger partial charge in [-0.3, -0.25) is 19.4 Å². The summed E-state index contributed by atoms with van der Waals surface area (Å²) in [5, 5.41) is 9.52. The average Bonchev–Trinajstić information content (AvgIpc) is 2.71. The number of halogens is 2. The number of nitrogens with zero attached hydrogens (tertiary/aromatic N) is 2. The normalized spacial score (nSPS) is 13.7. The number of carbonyl (C=O) groups is 1. The summed E-state index contributed by atoms with van der Waals surface area (Å²) < 4.78 is 1.64. The summed E-state index contributed by atoms with van der Waals surface area (Å²) in [5.41, 5.74) is 3.33. The molecule has 0 atom stereocenters. The molecule has 2 aromatic heterocycles. The molecule has 1 amide bonds. The van der Waals surface area contributed by atoms with E-state index in [0.29, 0.717) is 29.8 Å². The van der Waals surface area contributed by atoms with Crippen LogP contribution in [0.4, 0.5) is 0 Å². The molecule has 9 heteroatoms. The van der Waals surface area contributed by atoms with E-state index in [9.17, 15) is 9.59 Å². The molecule has 0 radical (unpaired) electrons. The largest absolute Gasteiger partial charge is 0.356 e. The second kappa shape index (κ2) is 8.69. The van der Waals surface area contributed by atoms with Gasteiger partial charge in [0.2, 0.25) is 5.91 Å². The number of hydrogen-bond donors (Lipinski definition) is 3. The van der Waals surface area contributed by atoms with Crippen molar-refractivity contribution in [2.24, 2.45) is 13.0 Å². The molecule has 3 heterocycles. The molecule has 0 spiro atoms. The third-order valence-corrected chi connectivity index (χ3v) is 4.63. The van der Waals surface area contributed by atoms with Gasteiger partial charge in [0.15, 0.2) is 5.65 Å². The number of rotatable bonds is 5. The van der Waals surface area contributed by atoms with Gasteiger partial charge in [-0.25, -0.2) is 4.98 Å². The third kappa shape index (κ3) is 4.34. The van der Waals surface area contributed by atoms with Crippen LogP contribution >= 0.6 is 24.8 Å². The maximum Gasteiger partial charge on any atom is 0.273 e. The van der Waals surface area contributed by atoms with Crippen molar-refractivity contribution in [3.63, 3.8) is 0 Å². The van der Waals surface area contributed by atoms with Crippen molar-refractivity contribution in [3.05, 3.63) is 27.2 Å². The average molecular weight is 390 g/mol. The fourth-order valence-electron chi connectivity index (χ4n) is 3.09. The minimum Gasteiger partial charge on any atom is -0.356 e. The number of nitrogens with one attached hydrogen (secondary N) is 3. The number of fused-ring (bicyclic) bond motifs is 1. The fraction of sp³-hybridized carbons (Fsp3) is 0.562. The van der Waals surface area contributed by atoms with Crippen LogP contribution in [0.15, 0.2) is 4.79 Å². The Morgan fingerprint density at radius 3 is 2.60 bits per heavy atom. The number of H-pyrrole nitrogens is 1. The zero-order valence-corrected chi connectivity index (χ0v) is 16.3. The van der Waals surface area contributed by atoms with Gasteiger partial charge in [-0.1, -0.05) is 0 Å². The number of aryl methyl sites for hydroxylation is 3. The Kier molecular flexibility index (Phi) is 7.46. The minimum atomic E-state index is -0.129. The van der Waals surface area contributed by atoms with E-state index in [-0.39, 0.29) is 36.3 Å². The lowest BCUT2D eigenvalue weighted by Crippen LogP contribution is -2.48. The molecule has 1 fully saturated rings. The molecule has 3 N–H and O–H groups in total. The lowest BCUT2D eigenvalue weighted by molar-refractivity contribution is -0.121. The second-order valence-electron chi connectivity index (χ2n) is 6.33. The molecule has 0 aromatic carbocycles.